The third-order valence-corrected chi connectivity index (χ3v) is 11.9. The molecule has 24 nitrogen and oxygen atoms in total. The Hall–Kier alpha value is -4.26. The summed E-state index contributed by atoms with van der Waals surface area (Å²) < 4.78 is 39.7. The SMILES string of the molecule is CNCCOCCOCCCC(=O)CCC(=O)NCCOCCOCCCC(=O)CCC(=O)N[C@@H](CCCCNC(=O)CCCCn1cc(COC(=O)CCCCC(C)(O)P(=O)(O)O)nn1)C(N)=O. The number of nitrogens with zero attached hydrogens (tertiary/aromatic N) is 3. The molecule has 1 rings (SSSR count). The number of carbonyl (C=O) groups is 7. The molecule has 1 heterocycles. The molecule has 0 saturated heterocycles. The van der Waals surface area contributed by atoms with E-state index in [2.05, 4.69) is 31.6 Å². The van der Waals surface area contributed by atoms with Crippen LogP contribution in [0.5, 0.6) is 0 Å². The molecular weight excluding hydrogens is 927 g/mol. The van der Waals surface area contributed by atoms with Gasteiger partial charge < -0.3 is 65.6 Å². The zero-order chi connectivity index (χ0) is 51.2. The number of carbonyl (C=O) groups excluding carboxylic acids is 7. The number of unbranched alkanes of at least 4 members (excludes halogenated alkanes) is 3. The molecule has 0 fully saturated rings. The van der Waals surface area contributed by atoms with Crippen LogP contribution in [0.3, 0.4) is 0 Å². The number of nitrogens with one attached hydrogen (secondary N) is 4. The minimum atomic E-state index is -4.67. The van der Waals surface area contributed by atoms with Gasteiger partial charge in [0, 0.05) is 90.8 Å². The molecule has 2 atom stereocenters. The van der Waals surface area contributed by atoms with Crippen molar-refractivity contribution in [3.63, 3.8) is 0 Å². The van der Waals surface area contributed by atoms with Crippen LogP contribution in [-0.2, 0) is 75.0 Å². The number of aryl methyl sites for hydroxylation is 1. The fourth-order valence-corrected chi connectivity index (χ4v) is 6.63. The Morgan fingerprint density at radius 2 is 1.25 bits per heavy atom. The second-order valence-electron chi connectivity index (χ2n) is 16.6. The molecule has 1 aromatic rings. The monoisotopic (exact) mass is 1010 g/mol. The summed E-state index contributed by atoms with van der Waals surface area (Å²) >= 11 is 0. The molecule has 25 heteroatoms. The van der Waals surface area contributed by atoms with Crippen molar-refractivity contribution in [2.45, 2.75) is 147 Å². The zero-order valence-electron chi connectivity index (χ0n) is 40.6. The number of aromatic nitrogens is 3. The Morgan fingerprint density at radius 1 is 0.681 bits per heavy atom. The molecule has 1 aromatic heterocycles. The Balaban J connectivity index is 2.03. The topological polar surface area (TPSA) is 348 Å². The molecule has 9 N–H and O–H groups in total. The van der Waals surface area contributed by atoms with E-state index in [4.69, 9.17) is 39.2 Å². The highest BCUT2D eigenvalue weighted by molar-refractivity contribution is 7.53. The molecule has 0 aromatic carbocycles. The van der Waals surface area contributed by atoms with Gasteiger partial charge in [-0.3, -0.25) is 42.8 Å². The second kappa shape index (κ2) is 38.5. The summed E-state index contributed by atoms with van der Waals surface area (Å²) in [4.78, 5) is 103. The molecule has 0 radical (unpaired) electrons. The number of aliphatic hydroxyl groups is 1. The van der Waals surface area contributed by atoms with Crippen molar-refractivity contribution in [2.75, 3.05) is 79.5 Å². The van der Waals surface area contributed by atoms with Crippen LogP contribution in [0, 0.1) is 0 Å². The summed E-state index contributed by atoms with van der Waals surface area (Å²) in [6, 6.07) is -0.902. The molecule has 69 heavy (non-hydrogen) atoms. The maximum atomic E-state index is 12.4. The number of Topliss-reactive ketones (excluding diaryl/α,β-unsaturated/α-hetero) is 2. The number of hydrogen-bond donors (Lipinski definition) is 8. The van der Waals surface area contributed by atoms with E-state index in [0.717, 1.165) is 13.5 Å². The standard InChI is InChI=1S/C44H79N8O16P/c1-44(60,69(61,62)63)20-6-3-15-42(58)68-34-35-33-52(51-50-35)24-8-5-14-39(55)47-21-7-4-13-38(43(45)59)49-41(57)19-17-37(54)12-10-26-65-30-32-67-28-23-48-40(56)18-16-36(53)11-9-25-64-29-31-66-27-22-46-2/h33,38,46,60H,3-32,34H2,1-2H3,(H2,45,59)(H,47,55)(H,48,56)(H,49,57)(H2,61,62,63)/t38-,44?/m0/s1. The number of hydrogen-bond acceptors (Lipinski definition) is 17. The molecule has 0 aliphatic rings. The van der Waals surface area contributed by atoms with E-state index in [1.807, 2.05) is 7.05 Å². The van der Waals surface area contributed by atoms with Crippen molar-refractivity contribution in [1.82, 2.24) is 36.3 Å². The lowest BCUT2D eigenvalue weighted by atomic mass is 10.1. The normalized spacial score (nSPS) is 12.8. The highest BCUT2D eigenvalue weighted by Crippen LogP contribution is 2.51. The van der Waals surface area contributed by atoms with Crippen LogP contribution < -0.4 is 27.0 Å². The van der Waals surface area contributed by atoms with Crippen LogP contribution in [0.2, 0.25) is 0 Å². The van der Waals surface area contributed by atoms with Gasteiger partial charge >= 0.3 is 13.6 Å². The van der Waals surface area contributed by atoms with Gasteiger partial charge in [-0.15, -0.1) is 5.10 Å². The number of amides is 4. The lowest BCUT2D eigenvalue weighted by molar-refractivity contribution is -0.145. The van der Waals surface area contributed by atoms with Crippen molar-refractivity contribution in [2.24, 2.45) is 5.73 Å². The van der Waals surface area contributed by atoms with Crippen LogP contribution in [0.1, 0.15) is 128 Å². The van der Waals surface area contributed by atoms with E-state index in [1.165, 1.54) is 0 Å². The van der Waals surface area contributed by atoms with Crippen LogP contribution in [0.25, 0.3) is 0 Å². The van der Waals surface area contributed by atoms with Crippen molar-refractivity contribution < 1.29 is 76.7 Å². The van der Waals surface area contributed by atoms with Crippen LogP contribution in [0.15, 0.2) is 6.20 Å². The Labute approximate surface area is 405 Å². The molecule has 0 aliphatic carbocycles. The molecule has 0 aliphatic heterocycles. The largest absolute Gasteiger partial charge is 0.459 e. The van der Waals surface area contributed by atoms with E-state index >= 15 is 0 Å². The molecule has 0 bridgehead atoms. The quantitative estimate of drug-likeness (QED) is 0.0255. The van der Waals surface area contributed by atoms with Crippen LogP contribution in [-0.4, -0.2) is 162 Å². The van der Waals surface area contributed by atoms with Crippen molar-refractivity contribution >= 4 is 48.8 Å². The Bertz CT molecular complexity index is 1690. The number of primary amides is 1. The van der Waals surface area contributed by atoms with Gasteiger partial charge in [-0.1, -0.05) is 5.21 Å². The fourth-order valence-electron chi connectivity index (χ4n) is 6.18. The number of ketones is 2. The van der Waals surface area contributed by atoms with E-state index in [0.29, 0.717) is 117 Å². The van der Waals surface area contributed by atoms with Crippen molar-refractivity contribution in [1.29, 1.82) is 0 Å². The predicted molar refractivity (Wildman–Crippen MR) is 250 cm³/mol. The van der Waals surface area contributed by atoms with E-state index < -0.39 is 36.8 Å². The summed E-state index contributed by atoms with van der Waals surface area (Å²) in [5.74, 6) is -2.13. The Kier molecular flexibility index (Phi) is 35.0. The molecule has 0 spiro atoms. The third-order valence-electron chi connectivity index (χ3n) is 10.4. The lowest BCUT2D eigenvalue weighted by Gasteiger charge is -2.23. The van der Waals surface area contributed by atoms with Gasteiger partial charge in [-0.25, -0.2) is 0 Å². The molecular formula is C44H79N8O16P. The maximum absolute atomic E-state index is 12.4. The van der Waals surface area contributed by atoms with Gasteiger partial charge in [0.15, 0.2) is 5.34 Å². The first-order chi connectivity index (χ1) is 32.9. The predicted octanol–water partition coefficient (Wildman–Crippen LogP) is 0.856. The highest BCUT2D eigenvalue weighted by atomic mass is 31.2. The van der Waals surface area contributed by atoms with Gasteiger partial charge in [-0.05, 0) is 78.2 Å². The van der Waals surface area contributed by atoms with Crippen LogP contribution in [0.4, 0.5) is 0 Å². The summed E-state index contributed by atoms with van der Waals surface area (Å²) in [6.45, 7) is 6.21. The number of rotatable bonds is 46. The van der Waals surface area contributed by atoms with Crippen molar-refractivity contribution in [3.05, 3.63) is 11.9 Å². The molecule has 1 unspecified atom stereocenters. The summed E-state index contributed by atoms with van der Waals surface area (Å²) in [7, 11) is -2.82. The van der Waals surface area contributed by atoms with Gasteiger partial charge in [0.1, 0.15) is 29.9 Å². The third kappa shape index (κ3) is 34.6. The average Bonchev–Trinajstić information content (AvgIpc) is 3.76. The smallest absolute Gasteiger partial charge is 0.356 e. The fraction of sp³-hybridized carbons (Fsp3) is 0.795. The number of esters is 1. The first-order valence-corrected chi connectivity index (χ1v) is 25.5. The summed E-state index contributed by atoms with van der Waals surface area (Å²) in [5.41, 5.74) is 5.92. The minimum absolute atomic E-state index is 0.01000. The van der Waals surface area contributed by atoms with E-state index in [-0.39, 0.29) is 107 Å². The lowest BCUT2D eigenvalue weighted by Crippen LogP contribution is -2.44. The van der Waals surface area contributed by atoms with E-state index in [9.17, 15) is 43.2 Å². The zero-order valence-corrected chi connectivity index (χ0v) is 41.5. The first-order valence-electron chi connectivity index (χ1n) is 23.9. The van der Waals surface area contributed by atoms with Gasteiger partial charge in [0.25, 0.3) is 0 Å². The Morgan fingerprint density at radius 3 is 1.86 bits per heavy atom. The average molecular weight is 1010 g/mol. The van der Waals surface area contributed by atoms with Crippen LogP contribution >= 0.6 is 7.60 Å². The van der Waals surface area contributed by atoms with Gasteiger partial charge in [0.05, 0.1) is 45.8 Å². The minimum Gasteiger partial charge on any atom is -0.459 e. The molecule has 4 amide bonds. The van der Waals surface area contributed by atoms with E-state index in [1.54, 1.807) is 10.9 Å². The van der Waals surface area contributed by atoms with Crippen molar-refractivity contribution in [3.8, 4) is 0 Å². The second-order valence-corrected chi connectivity index (χ2v) is 18.7. The highest BCUT2D eigenvalue weighted by Gasteiger charge is 2.39. The van der Waals surface area contributed by atoms with Gasteiger partial charge in [-0.2, -0.15) is 0 Å². The summed E-state index contributed by atoms with van der Waals surface area (Å²) in [6.07, 6.45) is 6.72. The maximum Gasteiger partial charge on any atom is 0.356 e. The molecule has 396 valence electrons. The number of likely N-dealkylation sites (N-methyl/N-ethyl adjacent to an activating group) is 1. The number of ether oxygens (including phenoxy) is 5. The first kappa shape index (κ1) is 62.8. The van der Waals surface area contributed by atoms with Gasteiger partial charge in [0.2, 0.25) is 23.6 Å². The number of nitrogens with two attached hydrogens (primary N) is 1. The summed E-state index contributed by atoms with van der Waals surface area (Å²) in [5, 5.41) is 26.7. The molecule has 0 saturated carbocycles.